The summed E-state index contributed by atoms with van der Waals surface area (Å²) in [5.74, 6) is 0. The van der Waals surface area contributed by atoms with Crippen LogP contribution < -0.4 is 0 Å². The summed E-state index contributed by atoms with van der Waals surface area (Å²) in [6.07, 6.45) is 9.90. The number of rotatable bonds is 0. The van der Waals surface area contributed by atoms with Crippen molar-refractivity contribution >= 4 is 73.2 Å². The van der Waals surface area contributed by atoms with Crippen molar-refractivity contribution in [1.82, 2.24) is 0 Å². The van der Waals surface area contributed by atoms with Gasteiger partial charge in [0.1, 0.15) is 0 Å². The molecule has 18 valence electrons. The second kappa shape index (κ2) is 9.28. The van der Waals surface area contributed by atoms with Crippen molar-refractivity contribution < 1.29 is 0 Å². The Morgan fingerprint density at radius 3 is 1.25 bits per heavy atom. The Labute approximate surface area is 71.3 Å². The van der Waals surface area contributed by atoms with E-state index in [1.807, 2.05) is 0 Å². The average molecular weight is 135 g/mol. The second-order valence-electron chi connectivity index (χ2n) is 0.101. The quantitative estimate of drug-likeness (QED) is 0.420. The summed E-state index contributed by atoms with van der Waals surface area (Å²) < 4.78 is 0. The molecule has 0 aromatic carbocycles. The first kappa shape index (κ1) is 9.96. The zero-order valence-corrected chi connectivity index (χ0v) is 5.18. The van der Waals surface area contributed by atoms with Crippen LogP contribution in [0.3, 0.4) is 0 Å². The minimum absolute atomic E-state index is 0. The Morgan fingerprint density at radius 2 is 1.25 bits per heavy atom. The molecule has 0 bridgehead atoms. The van der Waals surface area contributed by atoms with Crippen LogP contribution in [0.25, 0.3) is 0 Å². The topological polar surface area (TPSA) is 0 Å². The van der Waals surface area contributed by atoms with Gasteiger partial charge in [0.05, 0.1) is 0 Å². The molecule has 0 rings (SSSR count). The predicted molar refractivity (Wildman–Crippen MR) is 24.6 cm³/mol. The van der Waals surface area contributed by atoms with Gasteiger partial charge in [0, 0.05) is 0 Å². The van der Waals surface area contributed by atoms with Crippen LogP contribution in [0.5, 0.6) is 0 Å². The maximum atomic E-state index is 4.95. The molecule has 4 heteroatoms. The Balaban J connectivity index is 0. The first-order valence-corrected chi connectivity index (χ1v) is 6.61. The predicted octanol–water partition coefficient (Wildman–Crippen LogP) is 0.350. The van der Waals surface area contributed by atoms with Gasteiger partial charge in [-0.1, -0.05) is 0 Å². The van der Waals surface area contributed by atoms with Crippen molar-refractivity contribution in [3.63, 3.8) is 0 Å². The summed E-state index contributed by atoms with van der Waals surface area (Å²) in [7, 11) is 0. The molecule has 0 aliphatic heterocycles. The third kappa shape index (κ3) is 8.85. The molecule has 0 N–H and O–H groups in total. The molecule has 0 saturated carbocycles. The molecule has 0 fully saturated rings. The van der Waals surface area contributed by atoms with Crippen LogP contribution in [-0.4, -0.2) is 60.4 Å². The van der Waals surface area contributed by atoms with Crippen molar-refractivity contribution in [2.75, 3.05) is 0 Å². The van der Waals surface area contributed by atoms with Gasteiger partial charge in [-0.2, -0.15) is 0 Å². The van der Waals surface area contributed by atoms with Crippen molar-refractivity contribution in [3.8, 4) is 0 Å². The molecule has 4 heavy (non-hydrogen) atoms. The molecule has 0 unspecified atom stereocenters. The molecule has 0 aliphatic carbocycles. The summed E-state index contributed by atoms with van der Waals surface area (Å²) in [6.45, 7) is 0. The van der Waals surface area contributed by atoms with E-state index in [2.05, 4.69) is 0 Å². The monoisotopic (exact) mass is 134 g/mol. The molecule has 0 heterocycles. The van der Waals surface area contributed by atoms with E-state index in [0.29, 0.717) is 0 Å². The third-order valence-corrected chi connectivity index (χ3v) is 0. The van der Waals surface area contributed by atoms with E-state index >= 15 is 0 Å². The van der Waals surface area contributed by atoms with E-state index in [1.54, 1.807) is 0 Å². The summed E-state index contributed by atoms with van der Waals surface area (Å²) >= 11 is -0.931. The molecule has 0 aromatic heterocycles. The number of hydrogen-bond donors (Lipinski definition) is 0. The van der Waals surface area contributed by atoms with E-state index in [9.17, 15) is 0 Å². The molecular weight excluding hydrogens is 134 g/mol. The SMILES string of the molecule is [Cl][Ca][Cl].[NaH]. The van der Waals surface area contributed by atoms with Crippen LogP contribution in [0.15, 0.2) is 0 Å². The van der Waals surface area contributed by atoms with Gasteiger partial charge in [-0.15, -0.1) is 0 Å². The van der Waals surface area contributed by atoms with Crippen molar-refractivity contribution in [2.24, 2.45) is 0 Å². The average Bonchev–Trinajstić information content (AvgIpc) is 0.918. The van der Waals surface area contributed by atoms with Gasteiger partial charge >= 0.3 is 73.2 Å². The molecule has 0 aromatic rings. The van der Waals surface area contributed by atoms with E-state index in [1.165, 1.54) is 0 Å². The summed E-state index contributed by atoms with van der Waals surface area (Å²) in [5, 5.41) is 0. The standard InChI is InChI=1S/Ca.2ClH.Na.H/h;2*1H;;/q+2;;;;/p-2. The molecule has 0 nitrogen and oxygen atoms in total. The van der Waals surface area contributed by atoms with Gasteiger partial charge in [-0.25, -0.2) is 0 Å². The summed E-state index contributed by atoms with van der Waals surface area (Å²) in [5.41, 5.74) is 0. The molecule has 0 aliphatic rings. The van der Waals surface area contributed by atoms with Crippen LogP contribution in [0.4, 0.5) is 0 Å². The Morgan fingerprint density at radius 1 is 1.25 bits per heavy atom. The van der Waals surface area contributed by atoms with Crippen LogP contribution in [0.2, 0.25) is 0 Å². The van der Waals surface area contributed by atoms with Crippen LogP contribution in [-0.2, 0) is 0 Å². The fraction of sp³-hybridized carbons (Fsp3) is 0. The van der Waals surface area contributed by atoms with Gasteiger partial charge in [0.25, 0.3) is 0 Å². The van der Waals surface area contributed by atoms with Gasteiger partial charge in [0.2, 0.25) is 0 Å². The normalized spacial score (nSPS) is 2.50. The Hall–Kier alpha value is 2.84. The fourth-order valence-electron chi connectivity index (χ4n) is 0. The van der Waals surface area contributed by atoms with Gasteiger partial charge < -0.3 is 0 Å². The Kier molecular flexibility index (Phi) is 23.1. The maximum absolute atomic E-state index is 4.95. The van der Waals surface area contributed by atoms with Crippen LogP contribution >= 0.6 is 12.8 Å². The van der Waals surface area contributed by atoms with Crippen molar-refractivity contribution in [3.05, 3.63) is 0 Å². The van der Waals surface area contributed by atoms with Crippen molar-refractivity contribution in [1.29, 1.82) is 0 Å². The van der Waals surface area contributed by atoms with Gasteiger partial charge in [-0.3, -0.25) is 0 Å². The fourth-order valence-corrected chi connectivity index (χ4v) is 0. The first-order chi connectivity index (χ1) is 1.41. The van der Waals surface area contributed by atoms with Gasteiger partial charge in [0.15, 0.2) is 0 Å². The number of halogens is 2. The molecule has 0 atom stereocenters. The molecule has 0 radical (unpaired) electrons. The number of hydrogen-bond acceptors (Lipinski definition) is 0. The van der Waals surface area contributed by atoms with E-state index in [0.717, 1.165) is 0 Å². The molecular formula is HCaCl2Na. The Bertz CT molecular complexity index is 6.00. The summed E-state index contributed by atoms with van der Waals surface area (Å²) in [6, 6.07) is 0. The zero-order valence-electron chi connectivity index (χ0n) is 1.46. The summed E-state index contributed by atoms with van der Waals surface area (Å²) in [4.78, 5) is 0. The molecule has 0 amide bonds. The second-order valence-corrected chi connectivity index (χ2v) is 3.75. The first-order valence-electron chi connectivity index (χ1n) is 0.535. The third-order valence-electron chi connectivity index (χ3n) is 0. The van der Waals surface area contributed by atoms with Crippen molar-refractivity contribution in [2.45, 2.75) is 0 Å². The van der Waals surface area contributed by atoms with Crippen LogP contribution in [0.1, 0.15) is 0 Å². The van der Waals surface area contributed by atoms with E-state index < -0.39 is 30.8 Å². The molecule has 0 spiro atoms. The minimum atomic E-state index is -0.931. The zero-order chi connectivity index (χ0) is 2.71. The molecule has 0 saturated heterocycles. The van der Waals surface area contributed by atoms with Gasteiger partial charge in [-0.05, 0) is 0 Å². The van der Waals surface area contributed by atoms with E-state index in [4.69, 9.17) is 12.8 Å². The van der Waals surface area contributed by atoms with E-state index in [-0.39, 0.29) is 29.6 Å². The van der Waals surface area contributed by atoms with Crippen LogP contribution in [0, 0.1) is 0 Å².